The van der Waals surface area contributed by atoms with Gasteiger partial charge in [-0.1, -0.05) is 97.6 Å². The van der Waals surface area contributed by atoms with Crippen LogP contribution in [-0.4, -0.2) is 14.5 Å². The highest BCUT2D eigenvalue weighted by atomic mass is 16.3. The van der Waals surface area contributed by atoms with Crippen molar-refractivity contribution in [2.24, 2.45) is 0 Å². The minimum atomic E-state index is 0.594. The predicted octanol–water partition coefficient (Wildman–Crippen LogP) is 9.33. The van der Waals surface area contributed by atoms with Gasteiger partial charge >= 0.3 is 0 Å². The van der Waals surface area contributed by atoms with Gasteiger partial charge in [-0.3, -0.25) is 4.57 Å². The molecule has 7 aromatic rings. The van der Waals surface area contributed by atoms with Crippen molar-refractivity contribution in [2.75, 3.05) is 0 Å². The van der Waals surface area contributed by atoms with Crippen LogP contribution in [0, 0.1) is 0 Å². The first-order chi connectivity index (χ1) is 19.3. The molecular formula is C35H25N3O. The Labute approximate surface area is 226 Å². The summed E-state index contributed by atoms with van der Waals surface area (Å²) in [6, 6.07) is 35.0. The quantitative estimate of drug-likeness (QED) is 0.235. The summed E-state index contributed by atoms with van der Waals surface area (Å²) in [6.07, 6.45) is 6.03. The van der Waals surface area contributed by atoms with Gasteiger partial charge in [0, 0.05) is 27.5 Å². The third kappa shape index (κ3) is 3.69. The van der Waals surface area contributed by atoms with Crippen molar-refractivity contribution in [3.8, 4) is 28.5 Å². The van der Waals surface area contributed by atoms with Crippen molar-refractivity contribution < 1.29 is 4.42 Å². The zero-order valence-corrected chi connectivity index (χ0v) is 21.5. The number of benzene rings is 4. The molecule has 4 aromatic carbocycles. The molecule has 0 unspecified atom stereocenters. The first-order valence-corrected chi connectivity index (χ1v) is 13.0. The summed E-state index contributed by atoms with van der Waals surface area (Å²) in [5.74, 6) is 0.594. The van der Waals surface area contributed by atoms with Gasteiger partial charge < -0.3 is 4.42 Å². The molecule has 3 heterocycles. The van der Waals surface area contributed by atoms with Gasteiger partial charge in [0.1, 0.15) is 11.2 Å². The molecule has 0 aliphatic heterocycles. The second-order valence-corrected chi connectivity index (χ2v) is 9.44. The molecule has 0 saturated heterocycles. The third-order valence-electron chi connectivity index (χ3n) is 7.13. The van der Waals surface area contributed by atoms with E-state index < -0.39 is 0 Å². The maximum atomic E-state index is 6.45. The first kappa shape index (κ1) is 22.9. The van der Waals surface area contributed by atoms with Crippen LogP contribution < -0.4 is 0 Å². The highest BCUT2D eigenvalue weighted by molar-refractivity contribution is 6.17. The molecule has 3 aromatic heterocycles. The Morgan fingerprint density at radius 2 is 1.38 bits per heavy atom. The molecule has 7 rings (SSSR count). The molecule has 4 nitrogen and oxygen atoms in total. The van der Waals surface area contributed by atoms with Crippen LogP contribution in [0.2, 0.25) is 0 Å². The molecule has 0 aliphatic carbocycles. The van der Waals surface area contributed by atoms with Crippen LogP contribution in [0.25, 0.3) is 73.5 Å². The number of hydrogen-bond acceptors (Lipinski definition) is 3. The highest BCUT2D eigenvalue weighted by Crippen LogP contribution is 2.40. The van der Waals surface area contributed by atoms with E-state index in [0.717, 1.165) is 66.6 Å². The summed E-state index contributed by atoms with van der Waals surface area (Å²) in [6.45, 7) is 6.21. The van der Waals surface area contributed by atoms with Crippen molar-refractivity contribution in [1.82, 2.24) is 14.5 Å². The van der Waals surface area contributed by atoms with Gasteiger partial charge in [-0.15, -0.1) is 0 Å². The molecule has 0 N–H and O–H groups in total. The van der Waals surface area contributed by atoms with Gasteiger partial charge in [0.25, 0.3) is 0 Å². The summed E-state index contributed by atoms with van der Waals surface area (Å²) in [4.78, 5) is 10.2. The van der Waals surface area contributed by atoms with E-state index in [1.54, 1.807) is 0 Å². The molecule has 0 aliphatic rings. The molecule has 0 amide bonds. The zero-order chi connectivity index (χ0) is 26.3. The van der Waals surface area contributed by atoms with E-state index in [1.165, 1.54) is 0 Å². The van der Waals surface area contributed by atoms with E-state index in [4.69, 9.17) is 14.4 Å². The Balaban J connectivity index is 1.60. The average molecular weight is 504 g/mol. The van der Waals surface area contributed by atoms with Gasteiger partial charge in [0.15, 0.2) is 0 Å². The summed E-state index contributed by atoms with van der Waals surface area (Å²) in [7, 11) is 0. The maximum absolute atomic E-state index is 6.45. The number of aromatic nitrogens is 3. The normalized spacial score (nSPS) is 11.7. The summed E-state index contributed by atoms with van der Waals surface area (Å²) < 4.78 is 8.57. The van der Waals surface area contributed by atoms with Crippen LogP contribution in [0.1, 0.15) is 18.2 Å². The van der Waals surface area contributed by atoms with Crippen LogP contribution in [-0.2, 0) is 0 Å². The van der Waals surface area contributed by atoms with E-state index >= 15 is 0 Å². The third-order valence-corrected chi connectivity index (χ3v) is 7.13. The fourth-order valence-electron chi connectivity index (χ4n) is 5.40. The van der Waals surface area contributed by atoms with Gasteiger partial charge in [-0.2, -0.15) is 0 Å². The lowest BCUT2D eigenvalue weighted by Crippen LogP contribution is -2.05. The molecule has 0 atom stereocenters. The second-order valence-electron chi connectivity index (χ2n) is 9.44. The Kier molecular flexibility index (Phi) is 5.45. The van der Waals surface area contributed by atoms with E-state index in [2.05, 4.69) is 65.8 Å². The van der Waals surface area contributed by atoms with E-state index in [-0.39, 0.29) is 0 Å². The first-order valence-electron chi connectivity index (χ1n) is 13.0. The largest absolute Gasteiger partial charge is 0.455 e. The van der Waals surface area contributed by atoms with E-state index in [9.17, 15) is 0 Å². The minimum Gasteiger partial charge on any atom is -0.455 e. The molecule has 0 radical (unpaired) electrons. The van der Waals surface area contributed by atoms with E-state index in [1.807, 2.05) is 73.7 Å². The van der Waals surface area contributed by atoms with Gasteiger partial charge in [0.05, 0.1) is 28.0 Å². The summed E-state index contributed by atoms with van der Waals surface area (Å²) in [5, 5.41) is 3.18. The van der Waals surface area contributed by atoms with E-state index in [0.29, 0.717) is 5.95 Å². The topological polar surface area (TPSA) is 43.9 Å². The smallest absolute Gasteiger partial charge is 0.235 e. The van der Waals surface area contributed by atoms with Crippen molar-refractivity contribution in [1.29, 1.82) is 0 Å². The molecule has 0 fully saturated rings. The molecular weight excluding hydrogens is 478 g/mol. The average Bonchev–Trinajstić information content (AvgIpc) is 3.53. The van der Waals surface area contributed by atoms with Crippen molar-refractivity contribution in [3.63, 3.8) is 0 Å². The fourth-order valence-corrected chi connectivity index (χ4v) is 5.40. The Bertz CT molecular complexity index is 1970. The van der Waals surface area contributed by atoms with Crippen molar-refractivity contribution in [2.45, 2.75) is 6.92 Å². The molecule has 0 spiro atoms. The van der Waals surface area contributed by atoms with Gasteiger partial charge in [-0.05, 0) is 37.3 Å². The molecule has 186 valence electrons. The van der Waals surface area contributed by atoms with Crippen molar-refractivity contribution in [3.05, 3.63) is 127 Å². The Morgan fingerprint density at radius 1 is 0.744 bits per heavy atom. The number of fused-ring (bicyclic) bond motifs is 5. The second kappa shape index (κ2) is 9.26. The van der Waals surface area contributed by atoms with Gasteiger partial charge in [0.2, 0.25) is 5.95 Å². The number of allylic oxidation sites excluding steroid dienone is 1. The summed E-state index contributed by atoms with van der Waals surface area (Å²) >= 11 is 0. The number of furan rings is 1. The SMILES string of the molecule is C=Cc1c(/C=C\C)n(-c2nc(-c3ccccc3)cc(-c3ccccc3)n2)c2ccc3c4ccccc4oc3c12. The van der Waals surface area contributed by atoms with Crippen LogP contribution in [0.3, 0.4) is 0 Å². The zero-order valence-electron chi connectivity index (χ0n) is 21.5. The van der Waals surface area contributed by atoms with Crippen LogP contribution in [0.4, 0.5) is 0 Å². The minimum absolute atomic E-state index is 0.594. The fraction of sp³-hybridized carbons (Fsp3) is 0.0286. The van der Waals surface area contributed by atoms with Crippen LogP contribution in [0.15, 0.2) is 120 Å². The molecule has 39 heavy (non-hydrogen) atoms. The lowest BCUT2D eigenvalue weighted by molar-refractivity contribution is 0.672. The lowest BCUT2D eigenvalue weighted by Gasteiger charge is -2.12. The number of para-hydroxylation sites is 1. The predicted molar refractivity (Wildman–Crippen MR) is 162 cm³/mol. The lowest BCUT2D eigenvalue weighted by atomic mass is 10.1. The van der Waals surface area contributed by atoms with Crippen LogP contribution >= 0.6 is 0 Å². The van der Waals surface area contributed by atoms with Gasteiger partial charge in [-0.25, -0.2) is 9.97 Å². The highest BCUT2D eigenvalue weighted by Gasteiger charge is 2.22. The monoisotopic (exact) mass is 503 g/mol. The number of rotatable bonds is 5. The Morgan fingerprint density at radius 3 is 2.03 bits per heavy atom. The maximum Gasteiger partial charge on any atom is 0.235 e. The standard InChI is InChI=1S/C35H25N3O/c1-3-13-30-25(4-2)33-31(21-20-27-26-18-11-12-19-32(26)39-34(27)33)38(30)35-36-28(23-14-7-5-8-15-23)22-29(37-35)24-16-9-6-10-17-24/h3-22H,2H2,1H3/b13-3-. The van der Waals surface area contributed by atoms with Crippen LogP contribution in [0.5, 0.6) is 0 Å². The Hall–Kier alpha value is -5.22. The van der Waals surface area contributed by atoms with Crippen molar-refractivity contribution >= 4 is 45.0 Å². The molecule has 0 saturated carbocycles. The molecule has 0 bridgehead atoms. The molecule has 4 heteroatoms. The summed E-state index contributed by atoms with van der Waals surface area (Å²) in [5.41, 5.74) is 8.41. The number of nitrogens with zero attached hydrogens (tertiary/aromatic N) is 3. The number of hydrogen-bond donors (Lipinski definition) is 0.